The predicted octanol–water partition coefficient (Wildman–Crippen LogP) is 4.55. The van der Waals surface area contributed by atoms with Crippen molar-refractivity contribution in [3.05, 3.63) is 27.2 Å². The number of hydrogen-bond acceptors (Lipinski definition) is 3. The lowest BCUT2D eigenvalue weighted by atomic mass is 9.89. The van der Waals surface area contributed by atoms with Crippen LogP contribution in [-0.2, 0) is 4.79 Å². The van der Waals surface area contributed by atoms with Crippen molar-refractivity contribution in [3.8, 4) is 5.75 Å². The van der Waals surface area contributed by atoms with Crippen LogP contribution in [0.3, 0.4) is 0 Å². The fourth-order valence-corrected chi connectivity index (χ4v) is 4.77. The molecular formula is C18H23Cl3N2O2. The van der Waals surface area contributed by atoms with Crippen LogP contribution in [-0.4, -0.2) is 42.6 Å². The molecule has 138 valence electrons. The molecule has 4 nitrogen and oxygen atoms in total. The van der Waals surface area contributed by atoms with E-state index in [1.165, 1.54) is 19.3 Å². The first kappa shape index (κ1) is 19.1. The molecule has 25 heavy (non-hydrogen) atoms. The maximum atomic E-state index is 12.4. The van der Waals surface area contributed by atoms with Crippen LogP contribution in [0.2, 0.25) is 15.1 Å². The maximum absolute atomic E-state index is 12.4. The highest BCUT2D eigenvalue weighted by Crippen LogP contribution is 2.35. The number of benzene rings is 1. The third-order valence-corrected chi connectivity index (χ3v) is 5.78. The van der Waals surface area contributed by atoms with Crippen LogP contribution in [0.15, 0.2) is 12.1 Å². The van der Waals surface area contributed by atoms with Gasteiger partial charge in [-0.05, 0) is 50.9 Å². The summed E-state index contributed by atoms with van der Waals surface area (Å²) < 4.78 is 5.54. The zero-order chi connectivity index (χ0) is 17.8. The maximum Gasteiger partial charge on any atom is 0.258 e. The molecule has 1 saturated heterocycles. The van der Waals surface area contributed by atoms with Gasteiger partial charge < -0.3 is 10.1 Å². The van der Waals surface area contributed by atoms with E-state index in [2.05, 4.69) is 10.2 Å². The minimum Gasteiger partial charge on any atom is -0.481 e. The van der Waals surface area contributed by atoms with E-state index in [0.717, 1.165) is 32.4 Å². The summed E-state index contributed by atoms with van der Waals surface area (Å²) in [7, 11) is 0. The van der Waals surface area contributed by atoms with E-state index < -0.39 is 0 Å². The molecule has 1 aliphatic carbocycles. The summed E-state index contributed by atoms with van der Waals surface area (Å²) in [6.07, 6.45) is 7.09. The van der Waals surface area contributed by atoms with Crippen LogP contribution < -0.4 is 10.1 Å². The molecule has 1 N–H and O–H groups in total. The van der Waals surface area contributed by atoms with Gasteiger partial charge in [0.15, 0.2) is 12.4 Å². The summed E-state index contributed by atoms with van der Waals surface area (Å²) in [6.45, 7) is 2.18. The molecule has 1 aromatic carbocycles. The van der Waals surface area contributed by atoms with Crippen LogP contribution in [0.1, 0.15) is 38.5 Å². The molecule has 3 rings (SSSR count). The fraction of sp³-hybridized carbons (Fsp3) is 0.611. The molecule has 0 aromatic heterocycles. The lowest BCUT2D eigenvalue weighted by Crippen LogP contribution is -2.53. The number of carbonyl (C=O) groups excluding carboxylic acids is 1. The smallest absolute Gasteiger partial charge is 0.258 e. The summed E-state index contributed by atoms with van der Waals surface area (Å²) >= 11 is 18.1. The second kappa shape index (κ2) is 8.81. The van der Waals surface area contributed by atoms with Gasteiger partial charge in [-0.15, -0.1) is 0 Å². The molecule has 1 aromatic rings. The number of amides is 1. The first-order valence-corrected chi connectivity index (χ1v) is 9.99. The predicted molar refractivity (Wildman–Crippen MR) is 102 cm³/mol. The van der Waals surface area contributed by atoms with Crippen LogP contribution in [0.25, 0.3) is 0 Å². The quantitative estimate of drug-likeness (QED) is 0.781. The molecule has 2 fully saturated rings. The van der Waals surface area contributed by atoms with Gasteiger partial charge >= 0.3 is 0 Å². The molecule has 1 aliphatic heterocycles. The molecular weight excluding hydrogens is 383 g/mol. The standard InChI is InChI=1S/C18H23Cl3N2O2/c19-12-9-13(20)18(14(21)10-12)25-11-17(24)22-15-5-1-2-6-16(15)23-7-3-4-8-23/h9-10,15-16H,1-8,11H2,(H,22,24)/t15-,16-/m1/s1. The number of nitrogens with zero attached hydrogens (tertiary/aromatic N) is 1. The normalized spacial score (nSPS) is 24.3. The number of hydrogen-bond donors (Lipinski definition) is 1. The van der Waals surface area contributed by atoms with E-state index in [4.69, 9.17) is 39.5 Å². The number of likely N-dealkylation sites (tertiary alicyclic amines) is 1. The lowest BCUT2D eigenvalue weighted by Gasteiger charge is -2.38. The van der Waals surface area contributed by atoms with Crippen molar-refractivity contribution < 1.29 is 9.53 Å². The molecule has 1 amide bonds. The first-order chi connectivity index (χ1) is 12.0. The number of rotatable bonds is 5. The van der Waals surface area contributed by atoms with E-state index in [0.29, 0.717) is 26.9 Å². The van der Waals surface area contributed by atoms with Crippen molar-refractivity contribution in [2.75, 3.05) is 19.7 Å². The van der Waals surface area contributed by atoms with E-state index in [9.17, 15) is 4.79 Å². The van der Waals surface area contributed by atoms with Gasteiger partial charge in [0.05, 0.1) is 10.0 Å². The minimum absolute atomic E-state index is 0.107. The van der Waals surface area contributed by atoms with Gasteiger partial charge in [0.1, 0.15) is 0 Å². The topological polar surface area (TPSA) is 41.6 Å². The number of halogens is 3. The third kappa shape index (κ3) is 4.94. The van der Waals surface area contributed by atoms with Gasteiger partial charge in [-0.2, -0.15) is 0 Å². The summed E-state index contributed by atoms with van der Waals surface area (Å²) in [6, 6.07) is 3.74. The summed E-state index contributed by atoms with van der Waals surface area (Å²) in [5, 5.41) is 4.19. The Bertz CT molecular complexity index is 597. The fourth-order valence-electron chi connectivity index (χ4n) is 3.84. The zero-order valence-electron chi connectivity index (χ0n) is 14.1. The Morgan fingerprint density at radius 2 is 1.72 bits per heavy atom. The third-order valence-electron chi connectivity index (χ3n) is 5.00. The zero-order valence-corrected chi connectivity index (χ0v) is 16.3. The Morgan fingerprint density at radius 1 is 1.08 bits per heavy atom. The first-order valence-electron chi connectivity index (χ1n) is 8.85. The Hall–Kier alpha value is -0.680. The molecule has 2 aliphatic rings. The highest BCUT2D eigenvalue weighted by atomic mass is 35.5. The SMILES string of the molecule is O=C(COc1c(Cl)cc(Cl)cc1Cl)N[C@@H]1CCCC[C@H]1N1CCCC1. The summed E-state index contributed by atoms with van der Waals surface area (Å²) in [5.74, 6) is 0.154. The van der Waals surface area contributed by atoms with E-state index in [1.54, 1.807) is 12.1 Å². The molecule has 0 radical (unpaired) electrons. The van der Waals surface area contributed by atoms with Crippen molar-refractivity contribution in [1.82, 2.24) is 10.2 Å². The van der Waals surface area contributed by atoms with Gasteiger partial charge in [-0.25, -0.2) is 0 Å². The van der Waals surface area contributed by atoms with E-state index in [-0.39, 0.29) is 18.6 Å². The van der Waals surface area contributed by atoms with Crippen molar-refractivity contribution in [2.45, 2.75) is 50.6 Å². The van der Waals surface area contributed by atoms with Crippen molar-refractivity contribution in [3.63, 3.8) is 0 Å². The van der Waals surface area contributed by atoms with Crippen molar-refractivity contribution >= 4 is 40.7 Å². The molecule has 7 heteroatoms. The number of ether oxygens (including phenoxy) is 1. The number of nitrogens with one attached hydrogen (secondary N) is 1. The summed E-state index contributed by atoms with van der Waals surface area (Å²) in [4.78, 5) is 14.9. The summed E-state index contributed by atoms with van der Waals surface area (Å²) in [5.41, 5.74) is 0. The highest BCUT2D eigenvalue weighted by molar-refractivity contribution is 6.40. The number of carbonyl (C=O) groups is 1. The van der Waals surface area contributed by atoms with Gasteiger partial charge in [-0.1, -0.05) is 47.6 Å². The van der Waals surface area contributed by atoms with Crippen LogP contribution in [0, 0.1) is 0 Å². The Kier molecular flexibility index (Phi) is 6.73. The van der Waals surface area contributed by atoms with E-state index in [1.807, 2.05) is 0 Å². The molecule has 0 bridgehead atoms. The molecule has 0 spiro atoms. The Labute approximate surface area is 163 Å². The van der Waals surface area contributed by atoms with Crippen molar-refractivity contribution in [2.24, 2.45) is 0 Å². The molecule has 1 saturated carbocycles. The Morgan fingerprint density at radius 3 is 2.40 bits per heavy atom. The largest absolute Gasteiger partial charge is 0.481 e. The monoisotopic (exact) mass is 404 g/mol. The second-order valence-corrected chi connectivity index (χ2v) is 8.01. The second-order valence-electron chi connectivity index (χ2n) is 6.76. The van der Waals surface area contributed by atoms with Gasteiger partial charge in [-0.3, -0.25) is 9.69 Å². The molecule has 1 heterocycles. The van der Waals surface area contributed by atoms with Crippen LogP contribution in [0.4, 0.5) is 0 Å². The molecule has 2 atom stereocenters. The average molecular weight is 406 g/mol. The van der Waals surface area contributed by atoms with E-state index >= 15 is 0 Å². The van der Waals surface area contributed by atoms with Gasteiger partial charge in [0.25, 0.3) is 5.91 Å². The van der Waals surface area contributed by atoms with Crippen molar-refractivity contribution in [1.29, 1.82) is 0 Å². The lowest BCUT2D eigenvalue weighted by molar-refractivity contribution is -0.124. The minimum atomic E-state index is -0.141. The van der Waals surface area contributed by atoms with Gasteiger partial charge in [0, 0.05) is 17.1 Å². The molecule has 0 unspecified atom stereocenters. The van der Waals surface area contributed by atoms with Crippen LogP contribution >= 0.6 is 34.8 Å². The van der Waals surface area contributed by atoms with Crippen LogP contribution in [0.5, 0.6) is 5.75 Å². The average Bonchev–Trinajstić information content (AvgIpc) is 3.08. The highest BCUT2D eigenvalue weighted by Gasteiger charge is 2.32. The Balaban J connectivity index is 1.56. The van der Waals surface area contributed by atoms with Gasteiger partial charge in [0.2, 0.25) is 0 Å².